The lowest BCUT2D eigenvalue weighted by atomic mass is 10.3. The van der Waals surface area contributed by atoms with Gasteiger partial charge in [-0.15, -0.1) is 0 Å². The number of anilines is 1. The Morgan fingerprint density at radius 1 is 1.35 bits per heavy atom. The molecule has 0 radical (unpaired) electrons. The third-order valence-corrected chi connectivity index (χ3v) is 2.68. The van der Waals surface area contributed by atoms with E-state index in [2.05, 4.69) is 31.2 Å². The molecular weight excluding hydrogens is 341 g/mol. The zero-order chi connectivity index (χ0) is 14.8. The van der Waals surface area contributed by atoms with Crippen molar-refractivity contribution in [2.24, 2.45) is 0 Å². The summed E-state index contributed by atoms with van der Waals surface area (Å²) in [5.41, 5.74) is 1.17. The molecule has 0 aromatic carbocycles. The average Bonchev–Trinajstić information content (AvgIpc) is 2.35. The van der Waals surface area contributed by atoms with Gasteiger partial charge in [0.1, 0.15) is 12.1 Å². The molecule has 0 aliphatic heterocycles. The lowest BCUT2D eigenvalue weighted by Gasteiger charge is -2.10. The fourth-order valence-corrected chi connectivity index (χ4v) is 1.77. The Bertz CT molecular complexity index is 647. The molecule has 106 valence electrons. The molecule has 2 aromatic rings. The van der Waals surface area contributed by atoms with Gasteiger partial charge in [-0.05, 0) is 28.1 Å². The number of urea groups is 1. The van der Waals surface area contributed by atoms with Crippen molar-refractivity contribution < 1.29 is 18.0 Å². The summed E-state index contributed by atoms with van der Waals surface area (Å²) in [6.07, 6.45) is -1.53. The fourth-order valence-electron chi connectivity index (χ4n) is 1.45. The van der Waals surface area contributed by atoms with Gasteiger partial charge >= 0.3 is 12.2 Å². The van der Waals surface area contributed by atoms with Gasteiger partial charge < -0.3 is 10.6 Å². The highest BCUT2D eigenvalue weighted by molar-refractivity contribution is 9.10. The summed E-state index contributed by atoms with van der Waals surface area (Å²) in [7, 11) is 0. The molecule has 0 unspecified atom stereocenters. The van der Waals surface area contributed by atoms with Crippen molar-refractivity contribution in [2.75, 3.05) is 11.9 Å². The van der Waals surface area contributed by atoms with E-state index in [-0.39, 0.29) is 5.69 Å². The predicted octanol–water partition coefficient (Wildman–Crippen LogP) is 3.08. The van der Waals surface area contributed by atoms with E-state index < -0.39 is 18.8 Å². The lowest BCUT2D eigenvalue weighted by Crippen LogP contribution is -2.36. The number of carbonyl (C=O) groups is 1. The van der Waals surface area contributed by atoms with Gasteiger partial charge in [0.05, 0.1) is 11.2 Å². The number of rotatable bonds is 2. The molecule has 2 heterocycles. The highest BCUT2D eigenvalue weighted by atomic mass is 79.9. The van der Waals surface area contributed by atoms with Crippen molar-refractivity contribution in [3.8, 4) is 0 Å². The van der Waals surface area contributed by atoms with Gasteiger partial charge in [-0.1, -0.05) is 0 Å². The molecule has 0 atom stereocenters. The highest BCUT2D eigenvalue weighted by Crippen LogP contribution is 2.22. The van der Waals surface area contributed by atoms with Crippen molar-refractivity contribution in [3.63, 3.8) is 0 Å². The molecule has 9 heteroatoms. The fraction of sp³-hybridized carbons (Fsp3) is 0.182. The first kappa shape index (κ1) is 14.5. The molecule has 5 nitrogen and oxygen atoms in total. The largest absolute Gasteiger partial charge is 0.405 e. The van der Waals surface area contributed by atoms with Crippen LogP contribution in [0.3, 0.4) is 0 Å². The van der Waals surface area contributed by atoms with E-state index in [1.54, 1.807) is 11.4 Å². The minimum atomic E-state index is -4.46. The molecule has 2 amide bonds. The summed E-state index contributed by atoms with van der Waals surface area (Å²) < 4.78 is 36.7. The van der Waals surface area contributed by atoms with Crippen LogP contribution in [0.5, 0.6) is 0 Å². The first-order valence-electron chi connectivity index (χ1n) is 5.37. The molecule has 2 rings (SSSR count). The number of pyridine rings is 2. The van der Waals surface area contributed by atoms with Gasteiger partial charge in [0.15, 0.2) is 0 Å². The number of fused-ring (bicyclic) bond motifs is 1. The van der Waals surface area contributed by atoms with Crippen LogP contribution in [-0.4, -0.2) is 28.7 Å². The van der Waals surface area contributed by atoms with Crippen LogP contribution in [0.4, 0.5) is 23.7 Å². The first-order chi connectivity index (χ1) is 9.35. The van der Waals surface area contributed by atoms with E-state index in [1.807, 2.05) is 0 Å². The maximum atomic E-state index is 12.0. The number of nitrogens with one attached hydrogen (secondary N) is 2. The molecule has 0 saturated carbocycles. The number of amides is 2. The summed E-state index contributed by atoms with van der Waals surface area (Å²) in [6.45, 7) is -1.40. The molecular formula is C11H8BrF3N4O. The molecule has 2 aromatic heterocycles. The van der Waals surface area contributed by atoms with Crippen LogP contribution < -0.4 is 10.6 Å². The van der Waals surface area contributed by atoms with Crippen molar-refractivity contribution >= 4 is 38.7 Å². The summed E-state index contributed by atoms with van der Waals surface area (Å²) in [6, 6.07) is 2.18. The maximum absolute atomic E-state index is 12.0. The smallest absolute Gasteiger partial charge is 0.329 e. The summed E-state index contributed by atoms with van der Waals surface area (Å²) >= 11 is 3.23. The Morgan fingerprint density at radius 2 is 2.10 bits per heavy atom. The molecule has 0 bridgehead atoms. The van der Waals surface area contributed by atoms with Gasteiger partial charge in [-0.3, -0.25) is 9.97 Å². The number of hydrogen-bond donors (Lipinski definition) is 2. The minimum absolute atomic E-state index is 0.280. The summed E-state index contributed by atoms with van der Waals surface area (Å²) in [5.74, 6) is 0. The Labute approximate surface area is 119 Å². The number of carbonyl (C=O) groups excluding carboxylic acids is 1. The molecule has 2 N–H and O–H groups in total. The molecule has 0 aliphatic carbocycles. The highest BCUT2D eigenvalue weighted by Gasteiger charge is 2.27. The lowest BCUT2D eigenvalue weighted by molar-refractivity contribution is -0.122. The van der Waals surface area contributed by atoms with E-state index in [4.69, 9.17) is 0 Å². The third-order valence-electron chi connectivity index (χ3n) is 2.24. The number of halogens is 4. The molecule has 0 saturated heterocycles. The molecule has 0 aliphatic rings. The van der Waals surface area contributed by atoms with Gasteiger partial charge in [-0.2, -0.15) is 13.2 Å². The van der Waals surface area contributed by atoms with E-state index in [9.17, 15) is 18.0 Å². The Hall–Kier alpha value is -1.90. The van der Waals surface area contributed by atoms with Gasteiger partial charge in [0.2, 0.25) is 0 Å². The zero-order valence-electron chi connectivity index (χ0n) is 9.83. The topological polar surface area (TPSA) is 66.9 Å². The van der Waals surface area contributed by atoms with Crippen LogP contribution in [0.2, 0.25) is 0 Å². The van der Waals surface area contributed by atoms with Crippen LogP contribution in [-0.2, 0) is 0 Å². The second-order valence-corrected chi connectivity index (χ2v) is 4.72. The molecule has 0 spiro atoms. The predicted molar refractivity (Wildman–Crippen MR) is 70.3 cm³/mol. The van der Waals surface area contributed by atoms with Crippen LogP contribution in [0.25, 0.3) is 11.0 Å². The number of aromatic nitrogens is 2. The van der Waals surface area contributed by atoms with Gasteiger partial charge in [0.25, 0.3) is 0 Å². The van der Waals surface area contributed by atoms with E-state index in [1.165, 1.54) is 18.5 Å². The van der Waals surface area contributed by atoms with Gasteiger partial charge in [-0.25, -0.2) is 4.79 Å². The number of nitrogens with zero attached hydrogens (tertiary/aromatic N) is 2. The normalized spacial score (nSPS) is 11.4. The van der Waals surface area contributed by atoms with E-state index in [0.29, 0.717) is 15.5 Å². The summed E-state index contributed by atoms with van der Waals surface area (Å²) in [5, 5.41) is 4.02. The quantitative estimate of drug-likeness (QED) is 0.876. The average molecular weight is 349 g/mol. The van der Waals surface area contributed by atoms with Crippen LogP contribution in [0.1, 0.15) is 0 Å². The molecule has 20 heavy (non-hydrogen) atoms. The second-order valence-electron chi connectivity index (χ2n) is 3.80. The van der Waals surface area contributed by atoms with E-state index in [0.717, 1.165) is 0 Å². The van der Waals surface area contributed by atoms with Crippen molar-refractivity contribution in [2.45, 2.75) is 6.18 Å². The maximum Gasteiger partial charge on any atom is 0.405 e. The SMILES string of the molecule is O=C(NCC(F)(F)F)Nc1ccnc2cc(Br)cnc12. The summed E-state index contributed by atoms with van der Waals surface area (Å²) in [4.78, 5) is 19.5. The number of hydrogen-bond acceptors (Lipinski definition) is 3. The second kappa shape index (κ2) is 5.61. The minimum Gasteiger partial charge on any atom is -0.329 e. The monoisotopic (exact) mass is 348 g/mol. The van der Waals surface area contributed by atoms with Crippen LogP contribution in [0.15, 0.2) is 29.0 Å². The number of alkyl halides is 3. The van der Waals surface area contributed by atoms with Crippen molar-refractivity contribution in [1.82, 2.24) is 15.3 Å². The van der Waals surface area contributed by atoms with Crippen LogP contribution >= 0.6 is 15.9 Å². The zero-order valence-corrected chi connectivity index (χ0v) is 11.4. The Kier molecular flexibility index (Phi) is 4.07. The van der Waals surface area contributed by atoms with Crippen molar-refractivity contribution in [3.05, 3.63) is 29.0 Å². The standard InChI is InChI=1S/C11H8BrF3N4O/c12-6-3-8-9(17-4-6)7(1-2-16-8)19-10(20)18-5-11(13,14)15/h1-4H,5H2,(H2,16,18,19,20). The molecule has 0 fully saturated rings. The first-order valence-corrected chi connectivity index (χ1v) is 6.16. The van der Waals surface area contributed by atoms with Crippen molar-refractivity contribution in [1.29, 1.82) is 0 Å². The van der Waals surface area contributed by atoms with E-state index >= 15 is 0 Å². The van der Waals surface area contributed by atoms with Gasteiger partial charge in [0, 0.05) is 16.9 Å². The Balaban J connectivity index is 2.15. The third kappa shape index (κ3) is 3.80. The van der Waals surface area contributed by atoms with Crippen LogP contribution in [0, 0.1) is 0 Å². The Morgan fingerprint density at radius 3 is 2.80 bits per heavy atom.